The lowest BCUT2D eigenvalue weighted by molar-refractivity contribution is 0.199. The number of aryl methyl sites for hydroxylation is 1. The largest absolute Gasteiger partial charge is 0.389 e. The number of nitrogens with zero attached hydrogens (tertiary/aromatic N) is 3. The fourth-order valence-corrected chi connectivity index (χ4v) is 3.25. The van der Waals surface area contributed by atoms with Crippen LogP contribution >= 0.6 is 0 Å². The van der Waals surface area contributed by atoms with Crippen molar-refractivity contribution in [3.63, 3.8) is 0 Å². The molecule has 2 heterocycles. The summed E-state index contributed by atoms with van der Waals surface area (Å²) in [6.45, 7) is 3.89. The molecule has 1 atom stereocenters. The minimum atomic E-state index is -0.463. The van der Waals surface area contributed by atoms with Crippen LogP contribution in [0.5, 0.6) is 0 Å². The molecular formula is C22H21N3O. The van der Waals surface area contributed by atoms with E-state index in [1.54, 1.807) is 13.1 Å². The van der Waals surface area contributed by atoms with Crippen LogP contribution in [0.4, 0.5) is 0 Å². The van der Waals surface area contributed by atoms with E-state index in [1.807, 2.05) is 42.5 Å². The number of aliphatic hydroxyl groups is 1. The maximum Gasteiger partial charge on any atom is 0.114 e. The molecule has 130 valence electrons. The van der Waals surface area contributed by atoms with E-state index in [-0.39, 0.29) is 0 Å². The summed E-state index contributed by atoms with van der Waals surface area (Å²) < 4.78 is 2.18. The molecule has 0 saturated heterocycles. The SMILES string of the molecule is CCc1nc2cc(-c3ccccn3)ccc2n1-c1ccc(C(C)O)cc1. The average molecular weight is 343 g/mol. The molecular weight excluding hydrogens is 322 g/mol. The zero-order chi connectivity index (χ0) is 18.1. The van der Waals surface area contributed by atoms with E-state index in [0.29, 0.717) is 0 Å². The Morgan fingerprint density at radius 1 is 1.04 bits per heavy atom. The molecule has 0 bridgehead atoms. The van der Waals surface area contributed by atoms with Crippen LogP contribution in [0, 0.1) is 0 Å². The second kappa shape index (κ2) is 6.73. The molecule has 0 amide bonds. The molecule has 0 spiro atoms. The van der Waals surface area contributed by atoms with Gasteiger partial charge in [0.2, 0.25) is 0 Å². The Balaban J connectivity index is 1.84. The highest BCUT2D eigenvalue weighted by molar-refractivity contribution is 5.83. The number of hydrogen-bond donors (Lipinski definition) is 1. The minimum absolute atomic E-state index is 0.463. The number of hydrogen-bond acceptors (Lipinski definition) is 3. The lowest BCUT2D eigenvalue weighted by Gasteiger charge is -2.10. The zero-order valence-electron chi connectivity index (χ0n) is 14.9. The van der Waals surface area contributed by atoms with Gasteiger partial charge in [-0.2, -0.15) is 0 Å². The Morgan fingerprint density at radius 3 is 2.50 bits per heavy atom. The monoisotopic (exact) mass is 343 g/mol. The summed E-state index contributed by atoms with van der Waals surface area (Å²) >= 11 is 0. The maximum absolute atomic E-state index is 9.73. The molecule has 4 aromatic rings. The van der Waals surface area contributed by atoms with Crippen LogP contribution in [0.2, 0.25) is 0 Å². The molecule has 1 N–H and O–H groups in total. The van der Waals surface area contributed by atoms with E-state index in [0.717, 1.165) is 45.8 Å². The van der Waals surface area contributed by atoms with Crippen LogP contribution in [0.15, 0.2) is 66.9 Å². The third-order valence-corrected chi connectivity index (χ3v) is 4.63. The summed E-state index contributed by atoms with van der Waals surface area (Å²) in [5.74, 6) is 1.02. The van der Waals surface area contributed by atoms with E-state index >= 15 is 0 Å². The van der Waals surface area contributed by atoms with Crippen molar-refractivity contribution in [3.05, 3.63) is 78.2 Å². The Bertz CT molecular complexity index is 1030. The molecule has 4 heteroatoms. The predicted molar refractivity (Wildman–Crippen MR) is 104 cm³/mol. The summed E-state index contributed by atoms with van der Waals surface area (Å²) in [5, 5.41) is 9.73. The van der Waals surface area contributed by atoms with Crippen molar-refractivity contribution in [2.45, 2.75) is 26.4 Å². The molecule has 0 aliphatic heterocycles. The zero-order valence-corrected chi connectivity index (χ0v) is 14.9. The lowest BCUT2D eigenvalue weighted by Crippen LogP contribution is -2.00. The molecule has 0 aliphatic carbocycles. The van der Waals surface area contributed by atoms with Gasteiger partial charge in [-0.05, 0) is 48.9 Å². The Morgan fingerprint density at radius 2 is 1.85 bits per heavy atom. The van der Waals surface area contributed by atoms with Gasteiger partial charge in [-0.25, -0.2) is 4.98 Å². The summed E-state index contributed by atoms with van der Waals surface area (Å²) in [5.41, 5.74) is 6.02. The first-order valence-electron chi connectivity index (χ1n) is 8.88. The fraction of sp³-hybridized carbons (Fsp3) is 0.182. The number of aromatic nitrogens is 3. The van der Waals surface area contributed by atoms with Gasteiger partial charge >= 0.3 is 0 Å². The topological polar surface area (TPSA) is 50.9 Å². The molecule has 4 rings (SSSR count). The van der Waals surface area contributed by atoms with Gasteiger partial charge in [-0.1, -0.05) is 31.2 Å². The van der Waals surface area contributed by atoms with Crippen molar-refractivity contribution in [1.82, 2.24) is 14.5 Å². The van der Waals surface area contributed by atoms with Gasteiger partial charge in [0.1, 0.15) is 5.82 Å². The van der Waals surface area contributed by atoms with Crippen LogP contribution in [0.3, 0.4) is 0 Å². The van der Waals surface area contributed by atoms with Crippen molar-refractivity contribution in [3.8, 4) is 16.9 Å². The summed E-state index contributed by atoms with van der Waals surface area (Å²) in [6, 6.07) is 20.2. The van der Waals surface area contributed by atoms with Gasteiger partial charge in [0.15, 0.2) is 0 Å². The van der Waals surface area contributed by atoms with Gasteiger partial charge in [-0.15, -0.1) is 0 Å². The standard InChI is InChI=1S/C22H21N3O/c1-3-22-24-20-14-17(19-6-4-5-13-23-19)9-12-21(20)25(22)18-10-7-16(8-11-18)15(2)26/h4-15,26H,3H2,1-2H3. The number of pyridine rings is 1. The number of fused-ring (bicyclic) bond motifs is 1. The lowest BCUT2D eigenvalue weighted by atomic mass is 10.1. The highest BCUT2D eigenvalue weighted by Gasteiger charge is 2.13. The van der Waals surface area contributed by atoms with Gasteiger partial charge in [-0.3, -0.25) is 9.55 Å². The normalized spacial score (nSPS) is 12.4. The smallest absolute Gasteiger partial charge is 0.114 e. The van der Waals surface area contributed by atoms with Crippen LogP contribution in [0.25, 0.3) is 28.0 Å². The summed E-state index contributed by atoms with van der Waals surface area (Å²) in [6.07, 6.45) is 2.18. The van der Waals surface area contributed by atoms with E-state index in [1.165, 1.54) is 0 Å². The van der Waals surface area contributed by atoms with Gasteiger partial charge in [0.05, 0.1) is 22.8 Å². The maximum atomic E-state index is 9.73. The molecule has 0 aliphatic rings. The van der Waals surface area contributed by atoms with Crippen LogP contribution in [0.1, 0.15) is 31.3 Å². The van der Waals surface area contributed by atoms with E-state index in [2.05, 4.69) is 34.7 Å². The predicted octanol–water partition coefficient (Wildman–Crippen LogP) is 4.70. The molecule has 0 fully saturated rings. The van der Waals surface area contributed by atoms with Gasteiger partial charge in [0.25, 0.3) is 0 Å². The summed E-state index contributed by atoms with van der Waals surface area (Å²) in [7, 11) is 0. The molecule has 0 saturated carbocycles. The van der Waals surface area contributed by atoms with Crippen LogP contribution in [-0.4, -0.2) is 19.6 Å². The number of imidazole rings is 1. The molecule has 2 aromatic carbocycles. The highest BCUT2D eigenvalue weighted by Crippen LogP contribution is 2.27. The van der Waals surface area contributed by atoms with Crippen LogP contribution < -0.4 is 0 Å². The number of benzene rings is 2. The third-order valence-electron chi connectivity index (χ3n) is 4.63. The first kappa shape index (κ1) is 16.5. The van der Waals surface area contributed by atoms with Crippen molar-refractivity contribution in [1.29, 1.82) is 0 Å². The Kier molecular flexibility index (Phi) is 4.27. The Labute approximate surface area is 152 Å². The first-order valence-corrected chi connectivity index (χ1v) is 8.88. The van der Waals surface area contributed by atoms with Crippen molar-refractivity contribution < 1.29 is 5.11 Å². The fourth-order valence-electron chi connectivity index (χ4n) is 3.25. The Hall–Kier alpha value is -2.98. The van der Waals surface area contributed by atoms with Gasteiger partial charge < -0.3 is 5.11 Å². The number of rotatable bonds is 4. The quantitative estimate of drug-likeness (QED) is 0.584. The first-order chi connectivity index (χ1) is 12.7. The van der Waals surface area contributed by atoms with Gasteiger partial charge in [0, 0.05) is 23.9 Å². The van der Waals surface area contributed by atoms with E-state index < -0.39 is 6.10 Å². The highest BCUT2D eigenvalue weighted by atomic mass is 16.3. The van der Waals surface area contributed by atoms with Crippen molar-refractivity contribution >= 4 is 11.0 Å². The van der Waals surface area contributed by atoms with Crippen molar-refractivity contribution in [2.24, 2.45) is 0 Å². The summed E-state index contributed by atoms with van der Waals surface area (Å²) in [4.78, 5) is 9.27. The second-order valence-corrected chi connectivity index (χ2v) is 6.40. The minimum Gasteiger partial charge on any atom is -0.389 e. The second-order valence-electron chi connectivity index (χ2n) is 6.40. The van der Waals surface area contributed by atoms with E-state index in [4.69, 9.17) is 4.98 Å². The molecule has 2 aromatic heterocycles. The molecule has 0 radical (unpaired) electrons. The third kappa shape index (κ3) is 2.89. The molecule has 4 nitrogen and oxygen atoms in total. The van der Waals surface area contributed by atoms with Crippen LogP contribution in [-0.2, 0) is 6.42 Å². The van der Waals surface area contributed by atoms with E-state index in [9.17, 15) is 5.11 Å². The average Bonchev–Trinajstić information content (AvgIpc) is 3.06. The van der Waals surface area contributed by atoms with Crippen molar-refractivity contribution in [2.75, 3.05) is 0 Å². The molecule has 1 unspecified atom stereocenters. The molecule has 26 heavy (non-hydrogen) atoms. The number of aliphatic hydroxyl groups excluding tert-OH is 1.